The van der Waals surface area contributed by atoms with Gasteiger partial charge in [0.2, 0.25) is 0 Å². The largest absolute Gasteiger partial charge is 0.478 e. The standard InChI is InChI=1S/C15H21ClN2O2/c1-18-8-5-11(6-9-18)4-7-17-14-3-2-12(15(19)20)10-13(14)16/h2-3,10-11,17H,4-9H2,1H3,(H,19,20). The molecule has 110 valence electrons. The summed E-state index contributed by atoms with van der Waals surface area (Å²) in [4.78, 5) is 13.2. The number of halogens is 1. The van der Waals surface area contributed by atoms with Gasteiger partial charge in [-0.25, -0.2) is 4.79 Å². The van der Waals surface area contributed by atoms with E-state index in [9.17, 15) is 4.79 Å². The number of rotatable bonds is 5. The van der Waals surface area contributed by atoms with Crippen LogP contribution in [0.3, 0.4) is 0 Å². The highest BCUT2D eigenvalue weighted by Crippen LogP contribution is 2.24. The van der Waals surface area contributed by atoms with Crippen LogP contribution < -0.4 is 5.32 Å². The Bertz CT molecular complexity index is 471. The van der Waals surface area contributed by atoms with Gasteiger partial charge in [0.1, 0.15) is 0 Å². The Kier molecular flexibility index (Phi) is 5.26. The van der Waals surface area contributed by atoms with E-state index in [1.807, 2.05) is 0 Å². The first kappa shape index (κ1) is 15.1. The summed E-state index contributed by atoms with van der Waals surface area (Å²) in [6.45, 7) is 3.23. The van der Waals surface area contributed by atoms with Crippen molar-refractivity contribution >= 4 is 23.3 Å². The van der Waals surface area contributed by atoms with Crippen LogP contribution in [-0.2, 0) is 0 Å². The Labute approximate surface area is 124 Å². The van der Waals surface area contributed by atoms with Crippen LogP contribution >= 0.6 is 11.6 Å². The molecule has 5 heteroatoms. The minimum absolute atomic E-state index is 0.218. The van der Waals surface area contributed by atoms with E-state index in [1.165, 1.54) is 32.0 Å². The number of carboxylic acids is 1. The molecule has 0 aliphatic carbocycles. The first-order valence-corrected chi connectivity index (χ1v) is 7.39. The molecule has 0 unspecified atom stereocenters. The zero-order chi connectivity index (χ0) is 14.5. The van der Waals surface area contributed by atoms with Crippen molar-refractivity contribution in [3.05, 3.63) is 28.8 Å². The lowest BCUT2D eigenvalue weighted by molar-refractivity contribution is 0.0697. The summed E-state index contributed by atoms with van der Waals surface area (Å²) >= 11 is 6.08. The predicted octanol–water partition coefficient (Wildman–Crippen LogP) is 3.18. The van der Waals surface area contributed by atoms with Crippen LogP contribution in [0.25, 0.3) is 0 Å². The first-order valence-electron chi connectivity index (χ1n) is 7.01. The summed E-state index contributed by atoms with van der Waals surface area (Å²) < 4.78 is 0. The fraction of sp³-hybridized carbons (Fsp3) is 0.533. The van der Waals surface area contributed by atoms with Gasteiger partial charge in [0.05, 0.1) is 16.3 Å². The number of benzene rings is 1. The Morgan fingerprint density at radius 2 is 2.15 bits per heavy atom. The molecule has 20 heavy (non-hydrogen) atoms. The quantitative estimate of drug-likeness (QED) is 0.876. The average Bonchev–Trinajstić information content (AvgIpc) is 2.42. The van der Waals surface area contributed by atoms with Crippen molar-refractivity contribution in [2.45, 2.75) is 19.3 Å². The summed E-state index contributed by atoms with van der Waals surface area (Å²) in [5, 5.41) is 12.6. The molecule has 1 heterocycles. The SMILES string of the molecule is CN1CCC(CCNc2ccc(C(=O)O)cc2Cl)CC1. The molecule has 1 aliphatic heterocycles. The third-order valence-electron chi connectivity index (χ3n) is 3.92. The fourth-order valence-electron chi connectivity index (χ4n) is 2.55. The van der Waals surface area contributed by atoms with Crippen molar-refractivity contribution in [2.24, 2.45) is 5.92 Å². The number of hydrogen-bond acceptors (Lipinski definition) is 3. The van der Waals surface area contributed by atoms with Gasteiger partial charge in [0.25, 0.3) is 0 Å². The van der Waals surface area contributed by atoms with Crippen molar-refractivity contribution < 1.29 is 9.90 Å². The topological polar surface area (TPSA) is 52.6 Å². The lowest BCUT2D eigenvalue weighted by Crippen LogP contribution is -2.30. The Morgan fingerprint density at radius 1 is 1.45 bits per heavy atom. The number of aromatic carboxylic acids is 1. The van der Waals surface area contributed by atoms with Gasteiger partial charge in [-0.1, -0.05) is 11.6 Å². The first-order chi connectivity index (χ1) is 9.56. The molecule has 2 rings (SSSR count). The van der Waals surface area contributed by atoms with Crippen LogP contribution in [0, 0.1) is 5.92 Å². The lowest BCUT2D eigenvalue weighted by atomic mass is 9.94. The van der Waals surface area contributed by atoms with Gasteiger partial charge in [-0.3, -0.25) is 0 Å². The molecule has 0 saturated carbocycles. The summed E-state index contributed by atoms with van der Waals surface area (Å²) in [6.07, 6.45) is 3.64. The smallest absolute Gasteiger partial charge is 0.335 e. The number of carbonyl (C=O) groups is 1. The van der Waals surface area contributed by atoms with E-state index in [1.54, 1.807) is 12.1 Å². The number of carboxylic acid groups (broad SMARTS) is 1. The summed E-state index contributed by atoms with van der Waals surface area (Å²) in [7, 11) is 2.16. The number of likely N-dealkylation sites (tertiary alicyclic amines) is 1. The zero-order valence-corrected chi connectivity index (χ0v) is 12.5. The van der Waals surface area contributed by atoms with Gasteiger partial charge < -0.3 is 15.3 Å². The molecule has 1 aliphatic rings. The monoisotopic (exact) mass is 296 g/mol. The molecular weight excluding hydrogens is 276 g/mol. The second kappa shape index (κ2) is 6.95. The van der Waals surface area contributed by atoms with E-state index in [2.05, 4.69) is 17.3 Å². The van der Waals surface area contributed by atoms with Gasteiger partial charge >= 0.3 is 5.97 Å². The minimum atomic E-state index is -0.954. The van der Waals surface area contributed by atoms with Crippen LogP contribution in [0.2, 0.25) is 5.02 Å². The highest BCUT2D eigenvalue weighted by Gasteiger charge is 2.16. The average molecular weight is 297 g/mol. The van der Waals surface area contributed by atoms with E-state index >= 15 is 0 Å². The highest BCUT2D eigenvalue weighted by molar-refractivity contribution is 6.33. The number of anilines is 1. The molecule has 1 saturated heterocycles. The molecule has 1 fully saturated rings. The van der Waals surface area contributed by atoms with Crippen LogP contribution in [0.15, 0.2) is 18.2 Å². The third kappa shape index (κ3) is 4.12. The normalized spacial score (nSPS) is 17.1. The predicted molar refractivity (Wildman–Crippen MR) is 81.7 cm³/mol. The van der Waals surface area contributed by atoms with Gasteiger partial charge in [-0.2, -0.15) is 0 Å². The van der Waals surface area contributed by atoms with Crippen molar-refractivity contribution in [2.75, 3.05) is 32.0 Å². The van der Waals surface area contributed by atoms with Crippen molar-refractivity contribution in [1.82, 2.24) is 4.90 Å². The van der Waals surface area contributed by atoms with E-state index in [4.69, 9.17) is 16.7 Å². The Balaban J connectivity index is 1.81. The van der Waals surface area contributed by atoms with Crippen LogP contribution in [0.1, 0.15) is 29.6 Å². The number of nitrogens with one attached hydrogen (secondary N) is 1. The molecule has 0 bridgehead atoms. The molecule has 2 N–H and O–H groups in total. The van der Waals surface area contributed by atoms with Gasteiger partial charge in [0.15, 0.2) is 0 Å². The van der Waals surface area contributed by atoms with Crippen molar-refractivity contribution in [1.29, 1.82) is 0 Å². The molecule has 0 atom stereocenters. The third-order valence-corrected chi connectivity index (χ3v) is 4.23. The molecule has 0 amide bonds. The zero-order valence-electron chi connectivity index (χ0n) is 11.7. The summed E-state index contributed by atoms with van der Waals surface area (Å²) in [6, 6.07) is 4.80. The number of nitrogens with zero attached hydrogens (tertiary/aromatic N) is 1. The van der Waals surface area contributed by atoms with E-state index in [0.29, 0.717) is 5.02 Å². The van der Waals surface area contributed by atoms with Crippen LogP contribution in [-0.4, -0.2) is 42.7 Å². The highest BCUT2D eigenvalue weighted by atomic mass is 35.5. The second-order valence-corrected chi connectivity index (χ2v) is 5.87. The molecule has 1 aromatic rings. The van der Waals surface area contributed by atoms with E-state index < -0.39 is 5.97 Å². The number of hydrogen-bond donors (Lipinski definition) is 2. The van der Waals surface area contributed by atoms with Gasteiger partial charge in [0, 0.05) is 6.54 Å². The molecule has 0 spiro atoms. The maximum absolute atomic E-state index is 10.8. The molecule has 4 nitrogen and oxygen atoms in total. The van der Waals surface area contributed by atoms with Crippen LogP contribution in [0.4, 0.5) is 5.69 Å². The van der Waals surface area contributed by atoms with E-state index in [-0.39, 0.29) is 5.56 Å². The maximum atomic E-state index is 10.8. The molecule has 1 aromatic carbocycles. The van der Waals surface area contributed by atoms with Crippen molar-refractivity contribution in [3.63, 3.8) is 0 Å². The fourth-order valence-corrected chi connectivity index (χ4v) is 2.80. The molecular formula is C15H21ClN2O2. The van der Waals surface area contributed by atoms with E-state index in [0.717, 1.165) is 24.6 Å². The number of piperidine rings is 1. The van der Waals surface area contributed by atoms with Crippen LogP contribution in [0.5, 0.6) is 0 Å². The van der Waals surface area contributed by atoms with Gasteiger partial charge in [-0.05, 0) is 63.5 Å². The van der Waals surface area contributed by atoms with Crippen molar-refractivity contribution in [3.8, 4) is 0 Å². The minimum Gasteiger partial charge on any atom is -0.478 e. The maximum Gasteiger partial charge on any atom is 0.335 e. The lowest BCUT2D eigenvalue weighted by Gasteiger charge is -2.29. The summed E-state index contributed by atoms with van der Waals surface area (Å²) in [5.74, 6) is -0.180. The Hall–Kier alpha value is -1.26. The second-order valence-electron chi connectivity index (χ2n) is 5.46. The molecule has 0 aromatic heterocycles. The Morgan fingerprint density at radius 3 is 2.75 bits per heavy atom. The molecule has 0 radical (unpaired) electrons. The van der Waals surface area contributed by atoms with Gasteiger partial charge in [-0.15, -0.1) is 0 Å². The summed E-state index contributed by atoms with van der Waals surface area (Å²) in [5.41, 5.74) is 1.03.